The molecular weight excluding hydrogens is 387 g/mol. The number of hydrogen-bond acceptors (Lipinski definition) is 4. The summed E-state index contributed by atoms with van der Waals surface area (Å²) >= 11 is 0. The molecule has 0 fully saturated rings. The van der Waals surface area contributed by atoms with Gasteiger partial charge >= 0.3 is 6.18 Å². The molecule has 7 nitrogen and oxygen atoms in total. The maximum atomic E-state index is 13.2. The Bertz CT molecular complexity index is 1080. The van der Waals surface area contributed by atoms with Gasteiger partial charge in [0.2, 0.25) is 17.8 Å². The summed E-state index contributed by atoms with van der Waals surface area (Å²) in [5.74, 6) is -0.920. The Morgan fingerprint density at radius 3 is 2.52 bits per heavy atom. The number of benzene rings is 2. The van der Waals surface area contributed by atoms with Gasteiger partial charge in [-0.05, 0) is 12.1 Å². The summed E-state index contributed by atoms with van der Waals surface area (Å²) in [6.45, 7) is 0. The Balaban J connectivity index is 1.66. The van der Waals surface area contributed by atoms with Crippen molar-refractivity contribution in [3.8, 4) is 11.4 Å². The highest BCUT2D eigenvalue weighted by Crippen LogP contribution is 2.35. The number of halogens is 3. The molecule has 3 aromatic rings. The molecule has 10 heteroatoms. The van der Waals surface area contributed by atoms with E-state index in [1.54, 1.807) is 24.3 Å². The molecule has 1 atom stereocenters. The van der Waals surface area contributed by atoms with E-state index >= 15 is 0 Å². The molecule has 0 spiro atoms. The number of carbonyl (C=O) groups excluding carboxylic acids is 2. The largest absolute Gasteiger partial charge is 0.418 e. The van der Waals surface area contributed by atoms with E-state index in [2.05, 4.69) is 20.7 Å². The minimum Gasteiger partial charge on any atom is -0.324 e. The van der Waals surface area contributed by atoms with Crippen LogP contribution in [-0.2, 0) is 15.8 Å². The van der Waals surface area contributed by atoms with Crippen molar-refractivity contribution in [2.24, 2.45) is 0 Å². The van der Waals surface area contributed by atoms with Crippen LogP contribution in [0.25, 0.3) is 11.4 Å². The zero-order valence-corrected chi connectivity index (χ0v) is 14.8. The van der Waals surface area contributed by atoms with Gasteiger partial charge in [0.15, 0.2) is 5.82 Å². The van der Waals surface area contributed by atoms with Crippen LogP contribution in [0.1, 0.15) is 18.0 Å². The average molecular weight is 401 g/mol. The Kier molecular flexibility index (Phi) is 4.53. The highest BCUT2D eigenvalue weighted by Gasteiger charge is 2.36. The fourth-order valence-electron chi connectivity index (χ4n) is 3.03. The fraction of sp³-hybridized carbons (Fsp3) is 0.158. The lowest BCUT2D eigenvalue weighted by atomic mass is 10.1. The van der Waals surface area contributed by atoms with Crippen LogP contribution in [0.4, 0.5) is 24.8 Å². The van der Waals surface area contributed by atoms with Crippen molar-refractivity contribution < 1.29 is 22.8 Å². The van der Waals surface area contributed by atoms with Crippen LogP contribution in [0.3, 0.4) is 0 Å². The zero-order chi connectivity index (χ0) is 20.6. The third kappa shape index (κ3) is 3.68. The van der Waals surface area contributed by atoms with Crippen LogP contribution in [0, 0.1) is 0 Å². The third-order valence-corrected chi connectivity index (χ3v) is 4.38. The molecule has 0 saturated carbocycles. The van der Waals surface area contributed by atoms with Crippen LogP contribution in [0.5, 0.6) is 0 Å². The van der Waals surface area contributed by atoms with Gasteiger partial charge in [0.1, 0.15) is 6.04 Å². The van der Waals surface area contributed by atoms with Crippen molar-refractivity contribution in [3.05, 3.63) is 60.2 Å². The Morgan fingerprint density at radius 1 is 1.10 bits per heavy atom. The number of para-hydroxylation sites is 1. The zero-order valence-electron chi connectivity index (χ0n) is 14.8. The number of carbonyl (C=O) groups is 2. The second-order valence-electron chi connectivity index (χ2n) is 6.37. The summed E-state index contributed by atoms with van der Waals surface area (Å²) in [5.41, 5.74) is -0.691. The highest BCUT2D eigenvalue weighted by atomic mass is 19.4. The van der Waals surface area contributed by atoms with E-state index in [9.17, 15) is 22.8 Å². The van der Waals surface area contributed by atoms with Gasteiger partial charge in [-0.3, -0.25) is 14.9 Å². The summed E-state index contributed by atoms with van der Waals surface area (Å²) < 4.78 is 40.8. The van der Waals surface area contributed by atoms with E-state index in [1.807, 2.05) is 6.07 Å². The average Bonchev–Trinajstić information content (AvgIpc) is 3.11. The van der Waals surface area contributed by atoms with Crippen LogP contribution in [-0.4, -0.2) is 26.6 Å². The Morgan fingerprint density at radius 2 is 1.79 bits per heavy atom. The number of aromatic nitrogens is 3. The normalized spacial score (nSPS) is 16.1. The standard InChI is InChI=1S/C19H14F3N5O2/c20-19(21,22)12-8-4-5-9-13(12)23-17(29)14-10-15(28)24-18-25-16(26-27(14)18)11-6-2-1-3-7-11/h1-9,14H,10H2,(H,23,29)(H,24,25,26,28)/t14-/m1/s1. The first-order valence-electron chi connectivity index (χ1n) is 8.62. The number of anilines is 2. The van der Waals surface area contributed by atoms with Crippen LogP contribution in [0.15, 0.2) is 54.6 Å². The van der Waals surface area contributed by atoms with Crippen molar-refractivity contribution in [1.82, 2.24) is 14.8 Å². The summed E-state index contributed by atoms with van der Waals surface area (Å²) in [6.07, 6.45) is -4.91. The summed E-state index contributed by atoms with van der Waals surface area (Å²) in [5, 5.41) is 9.07. The fourth-order valence-corrected chi connectivity index (χ4v) is 3.03. The Hall–Kier alpha value is -3.69. The highest BCUT2D eigenvalue weighted by molar-refractivity contribution is 6.01. The molecule has 1 aliphatic heterocycles. The SMILES string of the molecule is O=C1C[C@H](C(=O)Nc2ccccc2C(F)(F)F)n2nc(-c3ccccc3)nc2N1. The van der Waals surface area contributed by atoms with Crippen LogP contribution < -0.4 is 10.6 Å². The van der Waals surface area contributed by atoms with E-state index < -0.39 is 29.6 Å². The maximum absolute atomic E-state index is 13.2. The van der Waals surface area contributed by atoms with Gasteiger partial charge in [-0.15, -0.1) is 5.10 Å². The molecule has 0 aliphatic carbocycles. The molecule has 2 amide bonds. The van der Waals surface area contributed by atoms with Gasteiger partial charge in [0.05, 0.1) is 17.7 Å². The molecule has 2 aromatic carbocycles. The van der Waals surface area contributed by atoms with E-state index in [0.29, 0.717) is 5.56 Å². The smallest absolute Gasteiger partial charge is 0.324 e. The molecule has 2 N–H and O–H groups in total. The van der Waals surface area contributed by atoms with E-state index in [-0.39, 0.29) is 23.9 Å². The second kappa shape index (κ2) is 7.04. The molecule has 0 bridgehead atoms. The minimum absolute atomic E-state index is 0.0596. The summed E-state index contributed by atoms with van der Waals surface area (Å²) in [7, 11) is 0. The Labute approximate surface area is 162 Å². The quantitative estimate of drug-likeness (QED) is 0.703. The predicted octanol–water partition coefficient (Wildman–Crippen LogP) is 3.49. The number of nitrogens with one attached hydrogen (secondary N) is 2. The number of amides is 2. The number of fused-ring (bicyclic) bond motifs is 1. The van der Waals surface area contributed by atoms with Crippen LogP contribution >= 0.6 is 0 Å². The second-order valence-corrected chi connectivity index (χ2v) is 6.37. The molecule has 2 heterocycles. The van der Waals surface area contributed by atoms with Crippen molar-refractivity contribution in [3.63, 3.8) is 0 Å². The topological polar surface area (TPSA) is 88.9 Å². The van der Waals surface area contributed by atoms with Gasteiger partial charge < -0.3 is 5.32 Å². The van der Waals surface area contributed by atoms with E-state index in [0.717, 1.165) is 12.1 Å². The lowest BCUT2D eigenvalue weighted by Gasteiger charge is -2.23. The molecule has 1 aliphatic rings. The molecule has 148 valence electrons. The first-order chi connectivity index (χ1) is 13.8. The van der Waals surface area contributed by atoms with Gasteiger partial charge in [0, 0.05) is 5.56 Å². The van der Waals surface area contributed by atoms with Crippen LogP contribution in [0.2, 0.25) is 0 Å². The minimum atomic E-state index is -4.63. The van der Waals surface area contributed by atoms with Crippen molar-refractivity contribution in [1.29, 1.82) is 0 Å². The lowest BCUT2D eigenvalue weighted by Crippen LogP contribution is -2.36. The number of hydrogen-bond donors (Lipinski definition) is 2. The maximum Gasteiger partial charge on any atom is 0.418 e. The molecule has 29 heavy (non-hydrogen) atoms. The summed E-state index contributed by atoms with van der Waals surface area (Å²) in [6, 6.07) is 12.4. The number of alkyl halides is 3. The molecule has 0 saturated heterocycles. The number of nitrogens with zero attached hydrogens (tertiary/aromatic N) is 3. The number of rotatable bonds is 3. The third-order valence-electron chi connectivity index (χ3n) is 4.38. The van der Waals surface area contributed by atoms with E-state index in [4.69, 9.17) is 0 Å². The van der Waals surface area contributed by atoms with Gasteiger partial charge in [-0.2, -0.15) is 18.2 Å². The molecule has 0 radical (unpaired) electrons. The molecule has 1 aromatic heterocycles. The first kappa shape index (κ1) is 18.7. The van der Waals surface area contributed by atoms with Crippen molar-refractivity contribution in [2.75, 3.05) is 10.6 Å². The monoisotopic (exact) mass is 401 g/mol. The molecule has 0 unspecified atom stereocenters. The predicted molar refractivity (Wildman–Crippen MR) is 97.8 cm³/mol. The molecular formula is C19H14F3N5O2. The van der Waals surface area contributed by atoms with Gasteiger partial charge in [0.25, 0.3) is 0 Å². The molecule has 4 rings (SSSR count). The van der Waals surface area contributed by atoms with Crippen molar-refractivity contribution in [2.45, 2.75) is 18.6 Å². The van der Waals surface area contributed by atoms with Gasteiger partial charge in [-0.25, -0.2) is 4.68 Å². The van der Waals surface area contributed by atoms with E-state index in [1.165, 1.54) is 16.8 Å². The first-order valence-corrected chi connectivity index (χ1v) is 8.62. The summed E-state index contributed by atoms with van der Waals surface area (Å²) in [4.78, 5) is 29.0. The lowest BCUT2D eigenvalue weighted by molar-refractivity contribution is -0.137. The van der Waals surface area contributed by atoms with Crippen molar-refractivity contribution >= 4 is 23.5 Å². The van der Waals surface area contributed by atoms with Gasteiger partial charge in [-0.1, -0.05) is 42.5 Å².